The molecule has 1 spiro atoms. The van der Waals surface area contributed by atoms with Crippen molar-refractivity contribution < 1.29 is 14.4 Å². The Morgan fingerprint density at radius 2 is 1.95 bits per heavy atom. The molecule has 3 atom stereocenters. The Bertz CT molecular complexity index is 496. The van der Waals surface area contributed by atoms with E-state index in [2.05, 4.69) is 10.6 Å². The predicted octanol–water partition coefficient (Wildman–Crippen LogP) is 0.233. The zero-order chi connectivity index (χ0) is 13.9. The molecule has 2 aliphatic carbocycles. The van der Waals surface area contributed by atoms with E-state index < -0.39 is 11.6 Å². The lowest BCUT2D eigenvalue weighted by atomic mass is 9.88. The third-order valence-corrected chi connectivity index (χ3v) is 5.41. The number of nitrogens with zero attached hydrogens (tertiary/aromatic N) is 1. The lowest BCUT2D eigenvalue weighted by Crippen LogP contribution is -2.60. The number of imide groups is 1. The second-order valence-corrected chi connectivity index (χ2v) is 6.78. The predicted molar refractivity (Wildman–Crippen MR) is 69.5 cm³/mol. The number of rotatable bonds is 1. The molecule has 6 nitrogen and oxygen atoms in total. The molecular formula is C14H19N3O3. The largest absolute Gasteiger partial charge is 0.340 e. The molecule has 3 unspecified atom stereocenters. The van der Waals surface area contributed by atoms with Crippen molar-refractivity contribution in [3.8, 4) is 0 Å². The third-order valence-electron chi connectivity index (χ3n) is 5.41. The molecule has 2 N–H and O–H groups in total. The summed E-state index contributed by atoms with van der Waals surface area (Å²) in [6.07, 6.45) is 4.71. The summed E-state index contributed by atoms with van der Waals surface area (Å²) in [6, 6.07) is -0.439. The Kier molecular flexibility index (Phi) is 2.41. The van der Waals surface area contributed by atoms with Gasteiger partial charge in [-0.25, -0.2) is 4.79 Å². The smallest absolute Gasteiger partial charge is 0.322 e. The van der Waals surface area contributed by atoms with Gasteiger partial charge in [0.1, 0.15) is 5.54 Å². The van der Waals surface area contributed by atoms with Crippen LogP contribution in [0.15, 0.2) is 0 Å². The van der Waals surface area contributed by atoms with E-state index in [1.807, 2.05) is 0 Å². The van der Waals surface area contributed by atoms with Gasteiger partial charge in [0.25, 0.3) is 5.91 Å². The van der Waals surface area contributed by atoms with Gasteiger partial charge < -0.3 is 10.2 Å². The fraction of sp³-hybridized carbons (Fsp3) is 0.786. The maximum atomic E-state index is 12.6. The van der Waals surface area contributed by atoms with Gasteiger partial charge in [0.05, 0.1) is 6.54 Å². The molecule has 108 valence electrons. The van der Waals surface area contributed by atoms with Crippen molar-refractivity contribution in [1.29, 1.82) is 0 Å². The zero-order valence-electron chi connectivity index (χ0n) is 11.4. The number of hydrogen-bond acceptors (Lipinski definition) is 3. The number of urea groups is 1. The monoisotopic (exact) mass is 277 g/mol. The Morgan fingerprint density at radius 3 is 2.60 bits per heavy atom. The topological polar surface area (TPSA) is 78.5 Å². The van der Waals surface area contributed by atoms with Crippen LogP contribution in [-0.4, -0.2) is 41.4 Å². The van der Waals surface area contributed by atoms with Gasteiger partial charge in [0, 0.05) is 12.5 Å². The normalized spacial score (nSPS) is 42.4. The van der Waals surface area contributed by atoms with E-state index in [1.165, 1.54) is 6.42 Å². The molecular weight excluding hydrogens is 258 g/mol. The first-order valence-electron chi connectivity index (χ1n) is 7.50. The number of likely N-dealkylation sites (tertiary alicyclic amines) is 1. The van der Waals surface area contributed by atoms with Gasteiger partial charge in [-0.1, -0.05) is 0 Å². The SMILES string of the molecule is O=C1NC(=O)C2(CCCN(C(=O)C3CC4CC4C3)C2)N1. The number of amides is 4. The summed E-state index contributed by atoms with van der Waals surface area (Å²) in [4.78, 5) is 37.7. The molecule has 4 amide bonds. The van der Waals surface area contributed by atoms with E-state index in [4.69, 9.17) is 0 Å². The van der Waals surface area contributed by atoms with Crippen molar-refractivity contribution in [2.75, 3.05) is 13.1 Å². The summed E-state index contributed by atoms with van der Waals surface area (Å²) in [5.74, 6) is 1.60. The molecule has 2 aliphatic heterocycles. The highest BCUT2D eigenvalue weighted by Crippen LogP contribution is 2.54. The number of piperidine rings is 1. The number of carbonyl (C=O) groups is 3. The Labute approximate surface area is 117 Å². The van der Waals surface area contributed by atoms with Crippen LogP contribution in [0, 0.1) is 17.8 Å². The molecule has 4 aliphatic rings. The number of fused-ring (bicyclic) bond motifs is 1. The van der Waals surface area contributed by atoms with Crippen LogP contribution in [0.5, 0.6) is 0 Å². The van der Waals surface area contributed by atoms with Crippen LogP contribution >= 0.6 is 0 Å². The number of hydrogen-bond donors (Lipinski definition) is 2. The van der Waals surface area contributed by atoms with Crippen LogP contribution < -0.4 is 10.6 Å². The van der Waals surface area contributed by atoms with Crippen LogP contribution in [0.4, 0.5) is 4.79 Å². The molecule has 2 heterocycles. The van der Waals surface area contributed by atoms with Crippen LogP contribution in [0.1, 0.15) is 32.1 Å². The minimum absolute atomic E-state index is 0.147. The summed E-state index contributed by atoms with van der Waals surface area (Å²) in [7, 11) is 0. The first-order valence-corrected chi connectivity index (χ1v) is 7.50. The highest BCUT2D eigenvalue weighted by atomic mass is 16.2. The van der Waals surface area contributed by atoms with Gasteiger partial charge in [-0.05, 0) is 43.9 Å². The van der Waals surface area contributed by atoms with E-state index >= 15 is 0 Å². The fourth-order valence-electron chi connectivity index (χ4n) is 4.23. The van der Waals surface area contributed by atoms with Gasteiger partial charge in [0.15, 0.2) is 0 Å². The summed E-state index contributed by atoms with van der Waals surface area (Å²) in [5.41, 5.74) is -0.882. The molecule has 0 bridgehead atoms. The molecule has 20 heavy (non-hydrogen) atoms. The molecule has 4 rings (SSSR count). The Morgan fingerprint density at radius 1 is 1.20 bits per heavy atom. The van der Waals surface area contributed by atoms with Crippen LogP contribution in [0.2, 0.25) is 0 Å². The van der Waals surface area contributed by atoms with E-state index in [0.717, 1.165) is 31.1 Å². The minimum Gasteiger partial charge on any atom is -0.340 e. The van der Waals surface area contributed by atoms with Crippen molar-refractivity contribution in [3.63, 3.8) is 0 Å². The third kappa shape index (κ3) is 1.73. The maximum Gasteiger partial charge on any atom is 0.322 e. The zero-order valence-corrected chi connectivity index (χ0v) is 11.4. The van der Waals surface area contributed by atoms with Gasteiger partial charge in [0.2, 0.25) is 5.91 Å². The summed E-state index contributed by atoms with van der Waals surface area (Å²) >= 11 is 0. The van der Waals surface area contributed by atoms with Gasteiger partial charge in [-0.15, -0.1) is 0 Å². The molecule has 4 fully saturated rings. The van der Waals surface area contributed by atoms with Gasteiger partial charge in [-0.3, -0.25) is 14.9 Å². The van der Waals surface area contributed by atoms with E-state index in [-0.39, 0.29) is 17.7 Å². The summed E-state index contributed by atoms with van der Waals surface area (Å²) in [5, 5.41) is 5.01. The highest BCUT2D eigenvalue weighted by molar-refractivity contribution is 6.07. The fourth-order valence-corrected chi connectivity index (χ4v) is 4.23. The molecule has 0 radical (unpaired) electrons. The average molecular weight is 277 g/mol. The van der Waals surface area contributed by atoms with Crippen LogP contribution in [-0.2, 0) is 9.59 Å². The van der Waals surface area contributed by atoms with Crippen molar-refractivity contribution in [1.82, 2.24) is 15.5 Å². The quantitative estimate of drug-likeness (QED) is 0.674. The van der Waals surface area contributed by atoms with E-state index in [0.29, 0.717) is 19.5 Å². The molecule has 2 saturated heterocycles. The second kappa shape index (κ2) is 3.96. The van der Waals surface area contributed by atoms with Crippen LogP contribution in [0.25, 0.3) is 0 Å². The lowest BCUT2D eigenvalue weighted by molar-refractivity contribution is -0.140. The molecule has 0 aromatic rings. The molecule has 2 saturated carbocycles. The average Bonchev–Trinajstić information content (AvgIpc) is 2.93. The van der Waals surface area contributed by atoms with Gasteiger partial charge >= 0.3 is 6.03 Å². The standard InChI is InChI=1S/C14H19N3O3/c18-11(10-5-8-4-9(8)6-10)17-3-1-2-14(7-17)12(19)15-13(20)16-14/h8-10H,1-7H2,(H2,15,16,19,20). The minimum atomic E-state index is -0.882. The van der Waals surface area contributed by atoms with E-state index in [9.17, 15) is 14.4 Å². The van der Waals surface area contributed by atoms with Crippen molar-refractivity contribution in [2.24, 2.45) is 17.8 Å². The van der Waals surface area contributed by atoms with Crippen molar-refractivity contribution >= 4 is 17.8 Å². The Balaban J connectivity index is 1.47. The number of nitrogens with one attached hydrogen (secondary N) is 2. The van der Waals surface area contributed by atoms with Crippen molar-refractivity contribution in [2.45, 2.75) is 37.6 Å². The van der Waals surface area contributed by atoms with Crippen LogP contribution in [0.3, 0.4) is 0 Å². The number of carbonyl (C=O) groups excluding carboxylic acids is 3. The molecule has 6 heteroatoms. The van der Waals surface area contributed by atoms with Gasteiger partial charge in [-0.2, -0.15) is 0 Å². The summed E-state index contributed by atoms with van der Waals surface area (Å²) < 4.78 is 0. The second-order valence-electron chi connectivity index (χ2n) is 6.78. The first kappa shape index (κ1) is 12.2. The molecule has 0 aromatic heterocycles. The highest BCUT2D eigenvalue weighted by Gasteiger charge is 2.52. The van der Waals surface area contributed by atoms with Crippen molar-refractivity contribution in [3.05, 3.63) is 0 Å². The molecule has 0 aromatic carbocycles. The lowest BCUT2D eigenvalue weighted by Gasteiger charge is -2.39. The first-order chi connectivity index (χ1) is 9.57. The Hall–Kier alpha value is -1.59. The maximum absolute atomic E-state index is 12.6. The summed E-state index contributed by atoms with van der Waals surface area (Å²) in [6.45, 7) is 1.03. The van der Waals surface area contributed by atoms with E-state index in [1.54, 1.807) is 4.90 Å².